The van der Waals surface area contributed by atoms with Crippen LogP contribution in [0.15, 0.2) is 48.5 Å². The summed E-state index contributed by atoms with van der Waals surface area (Å²) in [5.41, 5.74) is 6.08. The third-order valence-electron chi connectivity index (χ3n) is 3.65. The number of hydrogen-bond donors (Lipinski definition) is 0. The van der Waals surface area contributed by atoms with Gasteiger partial charge in [-0.2, -0.15) is 0 Å². The fourth-order valence-electron chi connectivity index (χ4n) is 2.88. The van der Waals surface area contributed by atoms with Crippen LogP contribution in [0.25, 0.3) is 0 Å². The van der Waals surface area contributed by atoms with Crippen molar-refractivity contribution in [2.75, 3.05) is 0 Å². The van der Waals surface area contributed by atoms with E-state index in [-0.39, 0.29) is 0 Å². The van der Waals surface area contributed by atoms with Gasteiger partial charge in [-0.1, -0.05) is 55.5 Å². The van der Waals surface area contributed by atoms with E-state index in [1.807, 2.05) is 0 Å². The Hall–Kier alpha value is -1.56. The van der Waals surface area contributed by atoms with Crippen molar-refractivity contribution >= 4 is 0 Å². The molecular formula is C16H16. The van der Waals surface area contributed by atoms with Crippen LogP contribution >= 0.6 is 0 Å². The van der Waals surface area contributed by atoms with Gasteiger partial charge in [0, 0.05) is 5.92 Å². The molecular weight excluding hydrogens is 192 g/mol. The Morgan fingerprint density at radius 2 is 1.38 bits per heavy atom. The van der Waals surface area contributed by atoms with E-state index in [4.69, 9.17) is 0 Å². The van der Waals surface area contributed by atoms with Crippen molar-refractivity contribution in [3.63, 3.8) is 0 Å². The average molecular weight is 208 g/mol. The molecule has 0 heteroatoms. The smallest absolute Gasteiger partial charge is 0.00924 e. The summed E-state index contributed by atoms with van der Waals surface area (Å²) >= 11 is 0. The molecule has 0 radical (unpaired) electrons. The summed E-state index contributed by atoms with van der Waals surface area (Å²) in [5, 5.41) is 0. The van der Waals surface area contributed by atoms with Crippen LogP contribution in [0.2, 0.25) is 0 Å². The topological polar surface area (TPSA) is 0 Å². The minimum atomic E-state index is 0.598. The van der Waals surface area contributed by atoms with Crippen molar-refractivity contribution in [3.8, 4) is 0 Å². The number of hydrogen-bond acceptors (Lipinski definition) is 0. The molecule has 1 aliphatic carbocycles. The molecule has 0 heterocycles. The van der Waals surface area contributed by atoms with Crippen molar-refractivity contribution in [1.82, 2.24) is 0 Å². The van der Waals surface area contributed by atoms with Gasteiger partial charge in [-0.25, -0.2) is 0 Å². The highest BCUT2D eigenvalue weighted by Gasteiger charge is 2.22. The maximum absolute atomic E-state index is 2.29. The van der Waals surface area contributed by atoms with Gasteiger partial charge in [-0.3, -0.25) is 0 Å². The Kier molecular flexibility index (Phi) is 2.28. The Morgan fingerprint density at radius 1 is 0.875 bits per heavy atom. The van der Waals surface area contributed by atoms with Gasteiger partial charge in [-0.05, 0) is 35.1 Å². The lowest BCUT2D eigenvalue weighted by molar-refractivity contribution is 0.738. The van der Waals surface area contributed by atoms with Crippen molar-refractivity contribution in [3.05, 3.63) is 70.8 Å². The molecule has 0 bridgehead atoms. The zero-order chi connectivity index (χ0) is 11.0. The van der Waals surface area contributed by atoms with Crippen LogP contribution < -0.4 is 0 Å². The molecule has 0 N–H and O–H groups in total. The molecule has 16 heavy (non-hydrogen) atoms. The predicted octanol–water partition coefficient (Wildman–Crippen LogP) is 4.13. The fraction of sp³-hybridized carbons (Fsp3) is 0.250. The molecule has 0 nitrogen and oxygen atoms in total. The van der Waals surface area contributed by atoms with Crippen molar-refractivity contribution < 1.29 is 0 Å². The maximum atomic E-state index is 2.29. The SMILES string of the molecule is CCC1c2ccccc2Cc2ccccc21. The molecule has 0 atom stereocenters. The second-order valence-electron chi connectivity index (χ2n) is 4.54. The van der Waals surface area contributed by atoms with Gasteiger partial charge in [-0.15, -0.1) is 0 Å². The monoisotopic (exact) mass is 208 g/mol. The number of benzene rings is 2. The first kappa shape index (κ1) is 9.65. The molecule has 0 unspecified atom stereocenters. The van der Waals surface area contributed by atoms with Gasteiger partial charge in [0.25, 0.3) is 0 Å². The molecule has 0 amide bonds. The highest BCUT2D eigenvalue weighted by Crippen LogP contribution is 2.37. The summed E-state index contributed by atoms with van der Waals surface area (Å²) in [4.78, 5) is 0. The van der Waals surface area contributed by atoms with Gasteiger partial charge in [0.05, 0.1) is 0 Å². The van der Waals surface area contributed by atoms with Gasteiger partial charge in [0.2, 0.25) is 0 Å². The molecule has 1 aliphatic rings. The first-order valence-electron chi connectivity index (χ1n) is 6.05. The molecule has 0 spiro atoms. The lowest BCUT2D eigenvalue weighted by Gasteiger charge is -2.27. The minimum absolute atomic E-state index is 0.598. The second-order valence-corrected chi connectivity index (χ2v) is 4.54. The average Bonchev–Trinajstić information content (AvgIpc) is 2.36. The number of fused-ring (bicyclic) bond motifs is 2. The Labute approximate surface area is 96.9 Å². The van der Waals surface area contributed by atoms with Crippen molar-refractivity contribution in [2.45, 2.75) is 25.7 Å². The van der Waals surface area contributed by atoms with E-state index in [1.54, 1.807) is 0 Å². The normalized spacial score (nSPS) is 14.3. The molecule has 2 aromatic rings. The lowest BCUT2D eigenvalue weighted by atomic mass is 9.77. The molecule has 0 aliphatic heterocycles. The maximum Gasteiger partial charge on any atom is 0.00924 e. The van der Waals surface area contributed by atoms with Crippen LogP contribution in [0.4, 0.5) is 0 Å². The summed E-state index contributed by atoms with van der Waals surface area (Å²) in [7, 11) is 0. The molecule has 0 saturated heterocycles. The van der Waals surface area contributed by atoms with Crippen LogP contribution in [-0.4, -0.2) is 0 Å². The third kappa shape index (κ3) is 1.37. The highest BCUT2D eigenvalue weighted by molar-refractivity contribution is 5.48. The first-order chi connectivity index (χ1) is 7.90. The predicted molar refractivity (Wildman–Crippen MR) is 67.8 cm³/mol. The molecule has 0 aromatic heterocycles. The summed E-state index contributed by atoms with van der Waals surface area (Å²) in [6.45, 7) is 2.28. The zero-order valence-corrected chi connectivity index (χ0v) is 9.61. The quantitative estimate of drug-likeness (QED) is 0.661. The van der Waals surface area contributed by atoms with Crippen molar-refractivity contribution in [1.29, 1.82) is 0 Å². The largest absolute Gasteiger partial charge is 0.0645 e. The van der Waals surface area contributed by atoms with Crippen LogP contribution in [0.5, 0.6) is 0 Å². The molecule has 3 rings (SSSR count). The minimum Gasteiger partial charge on any atom is -0.0645 e. The van der Waals surface area contributed by atoms with Crippen LogP contribution in [0.3, 0.4) is 0 Å². The Bertz CT molecular complexity index is 465. The van der Waals surface area contributed by atoms with Crippen LogP contribution in [-0.2, 0) is 6.42 Å². The van der Waals surface area contributed by atoms with Gasteiger partial charge < -0.3 is 0 Å². The van der Waals surface area contributed by atoms with Gasteiger partial charge >= 0.3 is 0 Å². The molecule has 2 aromatic carbocycles. The van der Waals surface area contributed by atoms with E-state index in [0.717, 1.165) is 6.42 Å². The van der Waals surface area contributed by atoms with Gasteiger partial charge in [0.15, 0.2) is 0 Å². The molecule has 0 saturated carbocycles. The first-order valence-corrected chi connectivity index (χ1v) is 6.05. The summed E-state index contributed by atoms with van der Waals surface area (Å²) in [5.74, 6) is 0.598. The summed E-state index contributed by atoms with van der Waals surface area (Å²) in [6, 6.07) is 17.8. The van der Waals surface area contributed by atoms with E-state index in [1.165, 1.54) is 28.7 Å². The van der Waals surface area contributed by atoms with Crippen LogP contribution in [0.1, 0.15) is 41.5 Å². The second kappa shape index (κ2) is 3.79. The fourth-order valence-corrected chi connectivity index (χ4v) is 2.88. The molecule has 80 valence electrons. The van der Waals surface area contributed by atoms with Crippen LogP contribution in [0, 0.1) is 0 Å². The van der Waals surface area contributed by atoms with Gasteiger partial charge in [0.1, 0.15) is 0 Å². The third-order valence-corrected chi connectivity index (χ3v) is 3.65. The Balaban J connectivity index is 2.19. The van der Waals surface area contributed by atoms with E-state index >= 15 is 0 Å². The van der Waals surface area contributed by atoms with E-state index in [0.29, 0.717) is 5.92 Å². The van der Waals surface area contributed by atoms with E-state index in [9.17, 15) is 0 Å². The Morgan fingerprint density at radius 3 is 1.88 bits per heavy atom. The van der Waals surface area contributed by atoms with E-state index in [2.05, 4.69) is 55.5 Å². The molecule has 0 fully saturated rings. The number of rotatable bonds is 1. The standard InChI is InChI=1S/C16H16/c1-2-14-15-9-5-3-7-12(15)11-13-8-4-6-10-16(13)14/h3-10,14H,2,11H2,1H3. The van der Waals surface area contributed by atoms with E-state index < -0.39 is 0 Å². The zero-order valence-electron chi connectivity index (χ0n) is 9.61. The summed E-state index contributed by atoms with van der Waals surface area (Å²) in [6.07, 6.45) is 2.29. The summed E-state index contributed by atoms with van der Waals surface area (Å²) < 4.78 is 0. The highest BCUT2D eigenvalue weighted by atomic mass is 14.3. The van der Waals surface area contributed by atoms with Crippen molar-refractivity contribution in [2.24, 2.45) is 0 Å². The lowest BCUT2D eigenvalue weighted by Crippen LogP contribution is -2.12.